The van der Waals surface area contributed by atoms with Crippen LogP contribution in [-0.4, -0.2) is 37.0 Å². The molecular weight excluding hydrogens is 316 g/mol. The van der Waals surface area contributed by atoms with Gasteiger partial charge in [-0.05, 0) is 25.7 Å². The Hall–Kier alpha value is -0.740. The van der Waals surface area contributed by atoms with Crippen molar-refractivity contribution in [3.05, 3.63) is 0 Å². The molecule has 2 heterocycles. The Kier molecular flexibility index (Phi) is 10.4. The molecule has 0 aromatic carbocycles. The second-order valence-corrected chi connectivity index (χ2v) is 7.78. The number of hydrogen-bond acceptors (Lipinski definition) is 4. The van der Waals surface area contributed by atoms with Crippen LogP contribution in [0.2, 0.25) is 0 Å². The Balaban J connectivity index is 1.30. The van der Waals surface area contributed by atoms with Gasteiger partial charge in [0.15, 0.2) is 0 Å². The molecule has 0 bridgehead atoms. The van der Waals surface area contributed by atoms with E-state index in [-0.39, 0.29) is 18.0 Å². The number of epoxide rings is 2. The van der Waals surface area contributed by atoms with Crippen molar-refractivity contribution in [1.82, 2.24) is 0 Å². The topological polar surface area (TPSA) is 59.2 Å². The summed E-state index contributed by atoms with van der Waals surface area (Å²) in [5.74, 6) is 0.279. The van der Waals surface area contributed by atoms with Gasteiger partial charge in [0.2, 0.25) is 0 Å². The van der Waals surface area contributed by atoms with Crippen molar-refractivity contribution in [2.45, 2.75) is 109 Å². The normalized spacial score (nSPS) is 21.3. The van der Waals surface area contributed by atoms with Crippen LogP contribution in [-0.2, 0) is 19.1 Å². The lowest BCUT2D eigenvalue weighted by Gasteiger charge is -2.03. The monoisotopic (exact) mass is 352 g/mol. The number of ether oxygens (including phenoxy) is 2. The van der Waals surface area contributed by atoms with Gasteiger partial charge in [0.05, 0.1) is 31.8 Å². The summed E-state index contributed by atoms with van der Waals surface area (Å²) in [6.45, 7) is 1.91. The summed E-state index contributed by atoms with van der Waals surface area (Å²) in [5.41, 5.74) is 0. The van der Waals surface area contributed by atoms with Crippen LogP contribution < -0.4 is 0 Å². The van der Waals surface area contributed by atoms with Crippen LogP contribution in [0.4, 0.5) is 0 Å². The lowest BCUT2D eigenvalue weighted by atomic mass is 10.0. The first-order chi connectivity index (χ1) is 12.2. The first-order valence-electron chi connectivity index (χ1n) is 10.5. The molecule has 2 saturated heterocycles. The molecular formula is C21H36O4. The molecule has 0 spiro atoms. The predicted octanol–water partition coefficient (Wildman–Crippen LogP) is 4.77. The van der Waals surface area contributed by atoms with Gasteiger partial charge in [-0.1, -0.05) is 51.4 Å². The molecule has 2 atom stereocenters. The van der Waals surface area contributed by atoms with Crippen molar-refractivity contribution in [2.24, 2.45) is 0 Å². The van der Waals surface area contributed by atoms with Crippen molar-refractivity contribution in [2.75, 3.05) is 13.2 Å². The van der Waals surface area contributed by atoms with E-state index in [2.05, 4.69) is 0 Å². The summed E-state index contributed by atoms with van der Waals surface area (Å²) in [6, 6.07) is 0. The minimum Gasteiger partial charge on any atom is -0.373 e. The van der Waals surface area contributed by atoms with Crippen LogP contribution in [0, 0.1) is 0 Å². The minimum absolute atomic E-state index is 0.140. The van der Waals surface area contributed by atoms with Gasteiger partial charge in [-0.2, -0.15) is 0 Å². The van der Waals surface area contributed by atoms with Crippen molar-refractivity contribution in [3.8, 4) is 0 Å². The van der Waals surface area contributed by atoms with Gasteiger partial charge in [0.1, 0.15) is 11.6 Å². The molecule has 0 N–H and O–H groups in total. The fraction of sp³-hybridized carbons (Fsp3) is 0.905. The van der Waals surface area contributed by atoms with Gasteiger partial charge < -0.3 is 9.47 Å². The van der Waals surface area contributed by atoms with Crippen LogP contribution in [0.25, 0.3) is 0 Å². The number of unbranched alkanes of at least 4 members (excludes halogenated alkanes) is 8. The molecule has 0 aliphatic carbocycles. The van der Waals surface area contributed by atoms with Gasteiger partial charge in [-0.25, -0.2) is 0 Å². The van der Waals surface area contributed by atoms with Gasteiger partial charge in [0.25, 0.3) is 0 Å². The first kappa shape index (κ1) is 20.6. The fourth-order valence-electron chi connectivity index (χ4n) is 3.32. The van der Waals surface area contributed by atoms with Crippen molar-refractivity contribution < 1.29 is 19.1 Å². The number of ketones is 2. The number of rotatable bonds is 18. The molecule has 2 aliphatic heterocycles. The minimum atomic E-state index is 0.140. The van der Waals surface area contributed by atoms with E-state index in [9.17, 15) is 9.59 Å². The summed E-state index contributed by atoms with van der Waals surface area (Å²) in [5, 5.41) is 0. The smallest absolute Gasteiger partial charge is 0.140 e. The van der Waals surface area contributed by atoms with Gasteiger partial charge in [0, 0.05) is 12.8 Å². The standard InChI is InChI=1S/C21H36O4/c22-18(11-7-3-1-5-9-13-20-16-24-20)15-19(23)12-8-4-2-6-10-14-21-17-25-21/h20-21H,1-17H2. The molecule has 0 saturated carbocycles. The number of hydrogen-bond donors (Lipinski definition) is 0. The highest BCUT2D eigenvalue weighted by Crippen LogP contribution is 2.19. The van der Waals surface area contributed by atoms with E-state index in [4.69, 9.17) is 9.47 Å². The Morgan fingerprint density at radius 1 is 0.600 bits per heavy atom. The van der Waals surface area contributed by atoms with Gasteiger partial charge in [-0.15, -0.1) is 0 Å². The predicted molar refractivity (Wildman–Crippen MR) is 98.7 cm³/mol. The number of Topliss-reactive ketones (excluding diaryl/α,β-unsaturated/α-hetero) is 2. The van der Waals surface area contributed by atoms with Crippen molar-refractivity contribution in [3.63, 3.8) is 0 Å². The highest BCUT2D eigenvalue weighted by Gasteiger charge is 2.21. The maximum Gasteiger partial charge on any atom is 0.140 e. The Bertz CT molecular complexity index is 349. The van der Waals surface area contributed by atoms with Crippen LogP contribution in [0.1, 0.15) is 96.3 Å². The third-order valence-corrected chi connectivity index (χ3v) is 5.16. The maximum absolute atomic E-state index is 11.8. The largest absolute Gasteiger partial charge is 0.373 e. The first-order valence-corrected chi connectivity index (χ1v) is 10.5. The fourth-order valence-corrected chi connectivity index (χ4v) is 3.32. The molecule has 2 fully saturated rings. The van der Waals surface area contributed by atoms with Gasteiger partial charge >= 0.3 is 0 Å². The average molecular weight is 353 g/mol. The summed E-state index contributed by atoms with van der Waals surface area (Å²) in [4.78, 5) is 23.7. The second kappa shape index (κ2) is 12.6. The molecule has 4 nitrogen and oxygen atoms in total. The SMILES string of the molecule is O=C(CCCCCCCC1CO1)CC(=O)CCCCCCCC1CO1. The molecule has 144 valence electrons. The summed E-state index contributed by atoms with van der Waals surface area (Å²) in [6.07, 6.45) is 16.3. The number of carbonyl (C=O) groups excluding carboxylic acids is 2. The zero-order valence-corrected chi connectivity index (χ0v) is 15.8. The lowest BCUT2D eigenvalue weighted by molar-refractivity contribution is -0.127. The van der Waals surface area contributed by atoms with Crippen LogP contribution in [0.3, 0.4) is 0 Å². The van der Waals surface area contributed by atoms with E-state index in [1.54, 1.807) is 0 Å². The lowest BCUT2D eigenvalue weighted by Crippen LogP contribution is -2.07. The van der Waals surface area contributed by atoms with Crippen LogP contribution in [0.15, 0.2) is 0 Å². The van der Waals surface area contributed by atoms with Crippen molar-refractivity contribution in [1.29, 1.82) is 0 Å². The van der Waals surface area contributed by atoms with E-state index >= 15 is 0 Å². The molecule has 0 aromatic rings. The molecule has 0 aromatic heterocycles. The maximum atomic E-state index is 11.8. The third-order valence-electron chi connectivity index (χ3n) is 5.16. The quantitative estimate of drug-likeness (QED) is 0.202. The molecule has 0 radical (unpaired) electrons. The third kappa shape index (κ3) is 12.3. The molecule has 2 aliphatic rings. The zero-order chi connectivity index (χ0) is 17.7. The Labute approximate surface area is 153 Å². The highest BCUT2D eigenvalue weighted by atomic mass is 16.6. The van der Waals surface area contributed by atoms with E-state index in [1.807, 2.05) is 0 Å². The highest BCUT2D eigenvalue weighted by molar-refractivity contribution is 5.98. The van der Waals surface area contributed by atoms with E-state index in [0.29, 0.717) is 25.0 Å². The van der Waals surface area contributed by atoms with Crippen LogP contribution >= 0.6 is 0 Å². The molecule has 4 heteroatoms. The van der Waals surface area contributed by atoms with E-state index in [1.165, 1.54) is 51.4 Å². The summed E-state index contributed by atoms with van der Waals surface area (Å²) in [7, 11) is 0. The molecule has 2 unspecified atom stereocenters. The summed E-state index contributed by atoms with van der Waals surface area (Å²) < 4.78 is 10.4. The molecule has 25 heavy (non-hydrogen) atoms. The van der Waals surface area contributed by atoms with Gasteiger partial charge in [-0.3, -0.25) is 9.59 Å². The number of carbonyl (C=O) groups is 2. The molecule has 2 rings (SSSR count). The molecule has 0 amide bonds. The second-order valence-electron chi connectivity index (χ2n) is 7.78. The van der Waals surface area contributed by atoms with E-state index in [0.717, 1.165) is 38.9 Å². The zero-order valence-electron chi connectivity index (χ0n) is 15.8. The summed E-state index contributed by atoms with van der Waals surface area (Å²) >= 11 is 0. The Morgan fingerprint density at radius 3 is 1.36 bits per heavy atom. The van der Waals surface area contributed by atoms with E-state index < -0.39 is 0 Å². The van der Waals surface area contributed by atoms with Crippen molar-refractivity contribution >= 4 is 11.6 Å². The Morgan fingerprint density at radius 2 is 0.960 bits per heavy atom. The average Bonchev–Trinajstić information content (AvgIpc) is 3.47. The van der Waals surface area contributed by atoms with Crippen LogP contribution in [0.5, 0.6) is 0 Å².